The Bertz CT molecular complexity index is 344. The highest BCUT2D eigenvalue weighted by Gasteiger charge is 2.42. The van der Waals surface area contributed by atoms with Crippen molar-refractivity contribution < 1.29 is 14.6 Å². The molecule has 1 unspecified atom stereocenters. The SMILES string of the molecule is O=C(O)C1(Cc2ccccn2)CCOC1. The van der Waals surface area contributed by atoms with Crippen molar-refractivity contribution in [1.29, 1.82) is 0 Å². The third kappa shape index (κ3) is 1.99. The zero-order chi connectivity index (χ0) is 10.7. The van der Waals surface area contributed by atoms with Gasteiger partial charge in [-0.3, -0.25) is 9.78 Å². The average Bonchev–Trinajstić information content (AvgIpc) is 2.69. The van der Waals surface area contributed by atoms with Gasteiger partial charge in [-0.25, -0.2) is 0 Å². The Morgan fingerprint density at radius 1 is 1.60 bits per heavy atom. The van der Waals surface area contributed by atoms with Gasteiger partial charge in [0, 0.05) is 24.9 Å². The van der Waals surface area contributed by atoms with Crippen LogP contribution >= 0.6 is 0 Å². The number of ether oxygens (including phenoxy) is 1. The lowest BCUT2D eigenvalue weighted by Gasteiger charge is -2.21. The summed E-state index contributed by atoms with van der Waals surface area (Å²) < 4.78 is 5.19. The Hall–Kier alpha value is -1.42. The number of nitrogens with zero attached hydrogens (tertiary/aromatic N) is 1. The predicted octanol–water partition coefficient (Wildman–Crippen LogP) is 1.12. The molecule has 0 aliphatic carbocycles. The highest BCUT2D eigenvalue weighted by molar-refractivity contribution is 5.75. The highest BCUT2D eigenvalue weighted by Crippen LogP contribution is 2.32. The molecule has 2 rings (SSSR count). The average molecular weight is 207 g/mol. The van der Waals surface area contributed by atoms with Gasteiger partial charge in [0.25, 0.3) is 0 Å². The van der Waals surface area contributed by atoms with Crippen molar-refractivity contribution in [1.82, 2.24) is 4.98 Å². The summed E-state index contributed by atoms with van der Waals surface area (Å²) in [6.45, 7) is 0.818. The molecule has 0 saturated carbocycles. The summed E-state index contributed by atoms with van der Waals surface area (Å²) in [4.78, 5) is 15.4. The molecule has 1 fully saturated rings. The fourth-order valence-corrected chi connectivity index (χ4v) is 1.84. The number of aliphatic carboxylic acids is 1. The molecule has 1 saturated heterocycles. The molecule has 0 amide bonds. The lowest BCUT2D eigenvalue weighted by molar-refractivity contribution is -0.148. The Morgan fingerprint density at radius 3 is 3.00 bits per heavy atom. The van der Waals surface area contributed by atoms with Crippen molar-refractivity contribution in [3.8, 4) is 0 Å². The van der Waals surface area contributed by atoms with E-state index in [-0.39, 0.29) is 0 Å². The topological polar surface area (TPSA) is 59.4 Å². The van der Waals surface area contributed by atoms with Crippen LogP contribution in [0.4, 0.5) is 0 Å². The van der Waals surface area contributed by atoms with Crippen LogP contribution in [0.5, 0.6) is 0 Å². The zero-order valence-electron chi connectivity index (χ0n) is 8.35. The van der Waals surface area contributed by atoms with Crippen LogP contribution in [0.2, 0.25) is 0 Å². The van der Waals surface area contributed by atoms with Gasteiger partial charge in [-0.15, -0.1) is 0 Å². The number of aromatic nitrogens is 1. The van der Waals surface area contributed by atoms with Crippen LogP contribution in [-0.4, -0.2) is 29.3 Å². The van der Waals surface area contributed by atoms with Gasteiger partial charge in [-0.2, -0.15) is 0 Å². The largest absolute Gasteiger partial charge is 0.481 e. The highest BCUT2D eigenvalue weighted by atomic mass is 16.5. The van der Waals surface area contributed by atoms with Crippen molar-refractivity contribution >= 4 is 5.97 Å². The first-order valence-electron chi connectivity index (χ1n) is 4.94. The maximum absolute atomic E-state index is 11.2. The minimum Gasteiger partial charge on any atom is -0.481 e. The lowest BCUT2D eigenvalue weighted by Crippen LogP contribution is -2.34. The molecule has 0 spiro atoms. The molecule has 1 aliphatic rings. The van der Waals surface area contributed by atoms with E-state index >= 15 is 0 Å². The van der Waals surface area contributed by atoms with Crippen LogP contribution < -0.4 is 0 Å². The van der Waals surface area contributed by atoms with Crippen molar-refractivity contribution in [2.24, 2.45) is 5.41 Å². The van der Waals surface area contributed by atoms with Crippen molar-refractivity contribution in [3.63, 3.8) is 0 Å². The van der Waals surface area contributed by atoms with E-state index in [9.17, 15) is 9.90 Å². The molecular weight excluding hydrogens is 194 g/mol. The second-order valence-electron chi connectivity index (χ2n) is 3.89. The maximum Gasteiger partial charge on any atom is 0.312 e. The van der Waals surface area contributed by atoms with Gasteiger partial charge in [0.15, 0.2) is 0 Å². The zero-order valence-corrected chi connectivity index (χ0v) is 8.35. The second-order valence-corrected chi connectivity index (χ2v) is 3.89. The smallest absolute Gasteiger partial charge is 0.312 e. The molecule has 4 nitrogen and oxygen atoms in total. The first-order chi connectivity index (χ1) is 7.23. The van der Waals surface area contributed by atoms with Crippen molar-refractivity contribution in [2.45, 2.75) is 12.8 Å². The molecule has 80 valence electrons. The predicted molar refractivity (Wildman–Crippen MR) is 53.4 cm³/mol. The molecule has 0 bridgehead atoms. The van der Waals surface area contributed by atoms with Crippen molar-refractivity contribution in [3.05, 3.63) is 30.1 Å². The summed E-state index contributed by atoms with van der Waals surface area (Å²) >= 11 is 0. The van der Waals surface area contributed by atoms with E-state index < -0.39 is 11.4 Å². The third-order valence-electron chi connectivity index (χ3n) is 2.80. The van der Waals surface area contributed by atoms with Crippen LogP contribution in [-0.2, 0) is 16.0 Å². The number of hydrogen-bond acceptors (Lipinski definition) is 3. The van der Waals surface area contributed by atoms with Gasteiger partial charge in [0.2, 0.25) is 0 Å². The van der Waals surface area contributed by atoms with Gasteiger partial charge in [-0.05, 0) is 18.6 Å². The summed E-state index contributed by atoms with van der Waals surface area (Å²) in [6.07, 6.45) is 2.70. The van der Waals surface area contributed by atoms with Crippen LogP contribution in [0.1, 0.15) is 12.1 Å². The van der Waals surface area contributed by atoms with Gasteiger partial charge >= 0.3 is 5.97 Å². The Morgan fingerprint density at radius 2 is 2.47 bits per heavy atom. The molecule has 0 radical (unpaired) electrons. The van der Waals surface area contributed by atoms with Gasteiger partial charge in [-0.1, -0.05) is 6.07 Å². The Kier molecular flexibility index (Phi) is 2.68. The van der Waals surface area contributed by atoms with Crippen LogP contribution in [0.3, 0.4) is 0 Å². The fourth-order valence-electron chi connectivity index (χ4n) is 1.84. The van der Waals surface area contributed by atoms with Gasteiger partial charge < -0.3 is 9.84 Å². The summed E-state index contributed by atoms with van der Waals surface area (Å²) in [6, 6.07) is 5.54. The van der Waals surface area contributed by atoms with Gasteiger partial charge in [0.05, 0.1) is 12.0 Å². The van der Waals surface area contributed by atoms with Crippen LogP contribution in [0.15, 0.2) is 24.4 Å². The van der Waals surface area contributed by atoms with E-state index in [4.69, 9.17) is 4.74 Å². The first-order valence-corrected chi connectivity index (χ1v) is 4.94. The van der Waals surface area contributed by atoms with E-state index in [2.05, 4.69) is 4.98 Å². The molecule has 1 atom stereocenters. The molecule has 2 heterocycles. The number of carbonyl (C=O) groups is 1. The monoisotopic (exact) mass is 207 g/mol. The second kappa shape index (κ2) is 3.98. The third-order valence-corrected chi connectivity index (χ3v) is 2.80. The maximum atomic E-state index is 11.2. The molecule has 4 heteroatoms. The normalized spacial score (nSPS) is 25.3. The number of carboxylic acid groups (broad SMARTS) is 1. The quantitative estimate of drug-likeness (QED) is 0.806. The standard InChI is InChI=1S/C11H13NO3/c13-10(14)11(4-6-15-8-11)7-9-3-1-2-5-12-9/h1-3,5H,4,6-8H2,(H,13,14). The molecule has 1 aromatic heterocycles. The minimum atomic E-state index is -0.786. The summed E-state index contributed by atoms with van der Waals surface area (Å²) in [7, 11) is 0. The molecule has 15 heavy (non-hydrogen) atoms. The molecule has 1 N–H and O–H groups in total. The molecular formula is C11H13NO3. The molecule has 0 aromatic carbocycles. The summed E-state index contributed by atoms with van der Waals surface area (Å²) in [5.74, 6) is -0.786. The van der Waals surface area contributed by atoms with E-state index in [0.29, 0.717) is 26.1 Å². The summed E-state index contributed by atoms with van der Waals surface area (Å²) in [5.41, 5.74) is 0.0411. The van der Waals surface area contributed by atoms with E-state index in [1.54, 1.807) is 6.20 Å². The van der Waals surface area contributed by atoms with Gasteiger partial charge in [0.1, 0.15) is 0 Å². The number of carboxylic acids is 1. The van der Waals surface area contributed by atoms with E-state index in [1.807, 2.05) is 18.2 Å². The molecule has 1 aromatic rings. The summed E-state index contributed by atoms with van der Waals surface area (Å²) in [5, 5.41) is 9.22. The van der Waals surface area contributed by atoms with Crippen molar-refractivity contribution in [2.75, 3.05) is 13.2 Å². The van der Waals surface area contributed by atoms with Crippen LogP contribution in [0, 0.1) is 5.41 Å². The lowest BCUT2D eigenvalue weighted by atomic mass is 9.82. The minimum absolute atomic E-state index is 0.291. The van der Waals surface area contributed by atoms with Crippen LogP contribution in [0.25, 0.3) is 0 Å². The Balaban J connectivity index is 2.18. The Labute approximate surface area is 87.9 Å². The number of pyridine rings is 1. The van der Waals surface area contributed by atoms with E-state index in [1.165, 1.54) is 0 Å². The van der Waals surface area contributed by atoms with E-state index in [0.717, 1.165) is 5.69 Å². The first kappa shape index (κ1) is 10.1. The fraction of sp³-hybridized carbons (Fsp3) is 0.455. The number of rotatable bonds is 3. The number of hydrogen-bond donors (Lipinski definition) is 1. The molecule has 1 aliphatic heterocycles.